The summed E-state index contributed by atoms with van der Waals surface area (Å²) in [5, 5.41) is 2.47. The van der Waals surface area contributed by atoms with Crippen LogP contribution in [0.2, 0.25) is 12.1 Å². The Hall–Kier alpha value is 0.514. The third kappa shape index (κ3) is 16.5. The summed E-state index contributed by atoms with van der Waals surface area (Å²) in [4.78, 5) is 10.0. The van der Waals surface area contributed by atoms with Gasteiger partial charge in [0.1, 0.15) is 0 Å². The number of benzene rings is 2. The Kier molecular flexibility index (Phi) is 22.8. The Balaban J connectivity index is 1.15. The molecule has 2 aromatic carbocycles. The lowest BCUT2D eigenvalue weighted by Gasteiger charge is -2.14. The molecule has 0 aliphatic carbocycles. The van der Waals surface area contributed by atoms with Gasteiger partial charge in [-0.05, 0) is 102 Å². The Labute approximate surface area is 332 Å². The van der Waals surface area contributed by atoms with Crippen LogP contribution in [0.4, 0.5) is 0 Å². The highest BCUT2D eigenvalue weighted by Crippen LogP contribution is 2.54. The number of para-hydroxylation sites is 2. The average molecular weight is 869 g/mol. The van der Waals surface area contributed by atoms with E-state index in [2.05, 4.69) is 48.5 Å². The molecule has 0 saturated carbocycles. The zero-order valence-corrected chi connectivity index (χ0v) is 38.4. The average Bonchev–Trinajstić information content (AvgIpc) is 3.77. The van der Waals surface area contributed by atoms with E-state index in [1.165, 1.54) is 19.4 Å². The molecule has 18 heteroatoms. The van der Waals surface area contributed by atoms with E-state index in [9.17, 15) is 0 Å². The van der Waals surface area contributed by atoms with Gasteiger partial charge in [0.15, 0.2) is 32.1 Å². The van der Waals surface area contributed by atoms with Crippen LogP contribution < -0.4 is 0 Å². The van der Waals surface area contributed by atoms with Crippen LogP contribution in [0.3, 0.4) is 0 Å². The molecule has 4 rings (SSSR count). The molecule has 8 nitrogen and oxygen atoms in total. The molecule has 0 radical (unpaired) electrons. The van der Waals surface area contributed by atoms with E-state index in [4.69, 9.17) is 37.8 Å². The third-order valence-electron chi connectivity index (χ3n) is 7.49. The SMILES string of the molecule is COC(C)OCCCO[SiH2]CC(CSSSSSSCC(C[SiH2]OCCCOC(C)OC)c1nc2ccccc2s1)c1nc2ccccc2s1. The maximum Gasteiger partial charge on any atom is 0.162 e. The molecule has 4 aromatic rings. The minimum Gasteiger partial charge on any atom is -0.424 e. The summed E-state index contributed by atoms with van der Waals surface area (Å²) in [5.74, 6) is 2.89. The number of ether oxygens (including phenoxy) is 4. The van der Waals surface area contributed by atoms with Crippen molar-refractivity contribution in [2.75, 3.05) is 52.2 Å². The number of methoxy groups -OCH3 is 2. The van der Waals surface area contributed by atoms with Gasteiger partial charge in [0.25, 0.3) is 0 Å². The number of aromatic nitrogens is 2. The van der Waals surface area contributed by atoms with Gasteiger partial charge in [-0.3, -0.25) is 0 Å². The van der Waals surface area contributed by atoms with Crippen LogP contribution in [0.1, 0.15) is 48.5 Å². The summed E-state index contributed by atoms with van der Waals surface area (Å²) in [7, 11) is 13.3. The second-order valence-electron chi connectivity index (χ2n) is 11.1. The largest absolute Gasteiger partial charge is 0.424 e. The molecule has 0 amide bonds. The Morgan fingerprint density at radius 2 is 1.06 bits per heavy atom. The van der Waals surface area contributed by atoms with Gasteiger partial charge in [-0.1, -0.05) is 45.9 Å². The summed E-state index contributed by atoms with van der Waals surface area (Å²) in [6, 6.07) is 19.1. The van der Waals surface area contributed by atoms with E-state index in [0.29, 0.717) is 25.0 Å². The predicted molar refractivity (Wildman–Crippen MR) is 233 cm³/mol. The van der Waals surface area contributed by atoms with Crippen LogP contribution in [0, 0.1) is 0 Å². The third-order valence-corrected chi connectivity index (χ3v) is 24.0. The number of thiazole rings is 2. The fourth-order valence-electron chi connectivity index (χ4n) is 4.58. The first-order chi connectivity index (χ1) is 24.6. The summed E-state index contributed by atoms with van der Waals surface area (Å²) in [6.07, 6.45) is 1.45. The summed E-state index contributed by atoms with van der Waals surface area (Å²) >= 11 is 3.66. The van der Waals surface area contributed by atoms with Crippen molar-refractivity contribution in [1.82, 2.24) is 9.97 Å². The fourth-order valence-corrected chi connectivity index (χ4v) is 22.7. The summed E-state index contributed by atoms with van der Waals surface area (Å²) in [5.41, 5.74) is 2.20. The van der Waals surface area contributed by atoms with Gasteiger partial charge in [0.2, 0.25) is 0 Å². The monoisotopic (exact) mass is 868 g/mol. The number of hydrogen-bond donors (Lipinski definition) is 0. The van der Waals surface area contributed by atoms with E-state index in [1.807, 2.05) is 97.4 Å². The highest BCUT2D eigenvalue weighted by Gasteiger charge is 2.19. The molecule has 0 aliphatic rings. The van der Waals surface area contributed by atoms with E-state index in [0.717, 1.165) is 60.7 Å². The molecule has 4 unspecified atom stereocenters. The molecule has 0 spiro atoms. The molecule has 50 heavy (non-hydrogen) atoms. The molecular weight excluding hydrogens is 821 g/mol. The Morgan fingerprint density at radius 1 is 0.620 bits per heavy atom. The minimum atomic E-state index is -0.657. The van der Waals surface area contributed by atoms with Crippen molar-refractivity contribution in [3.05, 3.63) is 58.5 Å². The van der Waals surface area contributed by atoms with Gasteiger partial charge >= 0.3 is 0 Å². The van der Waals surface area contributed by atoms with Gasteiger partial charge in [-0.15, -0.1) is 22.7 Å². The van der Waals surface area contributed by atoms with Gasteiger partial charge in [0.05, 0.1) is 43.7 Å². The van der Waals surface area contributed by atoms with Crippen molar-refractivity contribution in [2.45, 2.75) is 63.2 Å². The van der Waals surface area contributed by atoms with Crippen LogP contribution in [0.15, 0.2) is 48.5 Å². The number of hydrogen-bond acceptors (Lipinski definition) is 16. The van der Waals surface area contributed by atoms with Crippen LogP contribution in [-0.4, -0.2) is 94.2 Å². The van der Waals surface area contributed by atoms with Gasteiger partial charge in [-0.2, -0.15) is 0 Å². The molecule has 2 heterocycles. The molecule has 4 atom stereocenters. The van der Waals surface area contributed by atoms with Crippen molar-refractivity contribution >= 4 is 124 Å². The topological polar surface area (TPSA) is 81.2 Å². The number of fused-ring (bicyclic) bond motifs is 2. The van der Waals surface area contributed by atoms with Crippen molar-refractivity contribution in [2.24, 2.45) is 0 Å². The summed E-state index contributed by atoms with van der Waals surface area (Å²) in [6.45, 7) is 6.64. The Morgan fingerprint density at radius 3 is 1.48 bits per heavy atom. The normalized spacial score (nSPS) is 14.9. The molecule has 0 bridgehead atoms. The molecular formula is C32H48N2O6S8Si2. The smallest absolute Gasteiger partial charge is 0.162 e. The zero-order valence-electron chi connectivity index (χ0n) is 29.0. The number of nitrogens with zero attached hydrogens (tertiary/aromatic N) is 2. The quantitative estimate of drug-likeness (QED) is 0.0225. The highest BCUT2D eigenvalue weighted by atomic mass is 33.9. The maximum atomic E-state index is 6.12. The predicted octanol–water partition coefficient (Wildman–Crippen LogP) is 9.58. The molecule has 2 aromatic heterocycles. The highest BCUT2D eigenvalue weighted by molar-refractivity contribution is 9.41. The minimum absolute atomic E-state index is 0.168. The van der Waals surface area contributed by atoms with E-state index >= 15 is 0 Å². The standard InChI is InChI=1S/C32H48N2O6S8Si2/c1-23(35-3)37-15-9-17-39-49-21-25(31-33-27-11-5-7-13-29(27)43-31)19-41-45-47-48-46-42-20-26(22-50-40-18-10-16-38-24(2)36-4)32-34-28-12-6-8-14-30(28)44-32/h5-8,11-14,23-26H,9-10,15-22,49-50H2,1-4H3. The fraction of sp³-hybridized carbons (Fsp3) is 0.562. The number of rotatable bonds is 29. The van der Waals surface area contributed by atoms with Crippen molar-refractivity contribution < 1.29 is 27.8 Å². The first-order valence-electron chi connectivity index (χ1n) is 16.6. The van der Waals surface area contributed by atoms with Crippen molar-refractivity contribution in [3.63, 3.8) is 0 Å². The summed E-state index contributed by atoms with van der Waals surface area (Å²) < 4.78 is 36.2. The lowest BCUT2D eigenvalue weighted by Crippen LogP contribution is -2.13. The zero-order chi connectivity index (χ0) is 35.2. The first kappa shape index (κ1) is 43.2. The molecule has 0 fully saturated rings. The van der Waals surface area contributed by atoms with Gasteiger partial charge < -0.3 is 27.8 Å². The van der Waals surface area contributed by atoms with Crippen LogP contribution in [0.25, 0.3) is 20.4 Å². The lowest BCUT2D eigenvalue weighted by atomic mass is 10.2. The van der Waals surface area contributed by atoms with Gasteiger partial charge in [0, 0.05) is 50.8 Å². The van der Waals surface area contributed by atoms with E-state index < -0.39 is 19.5 Å². The molecule has 0 aliphatic heterocycles. The van der Waals surface area contributed by atoms with E-state index in [-0.39, 0.29) is 12.6 Å². The Bertz CT molecular complexity index is 1300. The van der Waals surface area contributed by atoms with Gasteiger partial charge in [-0.25, -0.2) is 9.97 Å². The molecule has 278 valence electrons. The van der Waals surface area contributed by atoms with Crippen molar-refractivity contribution in [3.8, 4) is 0 Å². The second kappa shape index (κ2) is 26.3. The molecule has 0 N–H and O–H groups in total. The van der Waals surface area contributed by atoms with Crippen molar-refractivity contribution in [1.29, 1.82) is 0 Å². The maximum absolute atomic E-state index is 6.12. The molecule has 0 saturated heterocycles. The van der Waals surface area contributed by atoms with Crippen LogP contribution in [0.5, 0.6) is 0 Å². The lowest BCUT2D eigenvalue weighted by molar-refractivity contribution is -0.112. The first-order valence-corrected chi connectivity index (χ1v) is 29.2. The van der Waals surface area contributed by atoms with Crippen LogP contribution >= 0.6 is 83.6 Å². The van der Waals surface area contributed by atoms with Crippen LogP contribution in [-0.2, 0) is 27.8 Å². The second-order valence-corrected chi connectivity index (χ2v) is 25.7. The van der Waals surface area contributed by atoms with E-state index in [1.54, 1.807) is 14.2 Å².